The highest BCUT2D eigenvalue weighted by Gasteiger charge is 2.44. The number of amides is 2. The lowest BCUT2D eigenvalue weighted by atomic mass is 9.92. The van der Waals surface area contributed by atoms with Gasteiger partial charge in [0.15, 0.2) is 17.3 Å². The second-order valence-corrected chi connectivity index (χ2v) is 13.7. The van der Waals surface area contributed by atoms with Gasteiger partial charge in [0.25, 0.3) is 11.8 Å². The van der Waals surface area contributed by atoms with Crippen LogP contribution in [0.4, 0.5) is 15.8 Å². The molecule has 13 nitrogen and oxygen atoms in total. The van der Waals surface area contributed by atoms with Crippen LogP contribution < -0.4 is 25.4 Å². The Labute approximate surface area is 295 Å². The molecule has 3 aliphatic heterocycles. The summed E-state index contributed by atoms with van der Waals surface area (Å²) in [7, 11) is 1.43. The van der Waals surface area contributed by atoms with E-state index in [1.54, 1.807) is 39.8 Å². The van der Waals surface area contributed by atoms with Gasteiger partial charge in [-0.2, -0.15) is 5.10 Å². The molecule has 0 unspecified atom stereocenters. The maximum Gasteiger partial charge on any atom is 0.341 e. The number of carboxylic acids is 1. The predicted molar refractivity (Wildman–Crippen MR) is 187 cm³/mol. The van der Waals surface area contributed by atoms with Crippen molar-refractivity contribution < 1.29 is 28.6 Å². The number of carbonyl (C=O) groups is 3. The number of likely N-dealkylation sites (tertiary alicyclic amines) is 1. The first-order valence-electron chi connectivity index (χ1n) is 16.7. The fourth-order valence-electron chi connectivity index (χ4n) is 7.75. The molecule has 0 bridgehead atoms. The van der Waals surface area contributed by atoms with Crippen molar-refractivity contribution in [1.82, 2.24) is 19.9 Å². The minimum absolute atomic E-state index is 0.0109. The molecular weight excluding hydrogens is 681 g/mol. The average molecular weight is 714 g/mol. The highest BCUT2D eigenvalue weighted by Crippen LogP contribution is 2.46. The number of hydrogen-bond donors (Lipinski definition) is 2. The maximum atomic E-state index is 16.2. The summed E-state index contributed by atoms with van der Waals surface area (Å²) in [5, 5.41) is 14.3. The number of aromatic carboxylic acids is 1. The number of rotatable bonds is 8. The molecule has 0 radical (unpaired) electrons. The van der Waals surface area contributed by atoms with Crippen LogP contribution in [-0.4, -0.2) is 82.5 Å². The normalized spacial score (nSPS) is 20.9. The summed E-state index contributed by atoms with van der Waals surface area (Å²) in [5.41, 5.74) is 3.46. The molecule has 2 aromatic heterocycles. The number of fused-ring (bicyclic) bond motifs is 3. The lowest BCUT2D eigenvalue weighted by Crippen LogP contribution is -2.51. The van der Waals surface area contributed by atoms with E-state index in [0.29, 0.717) is 47.0 Å². The Morgan fingerprint density at radius 3 is 2.63 bits per heavy atom. The van der Waals surface area contributed by atoms with Crippen LogP contribution in [0.25, 0.3) is 10.9 Å². The summed E-state index contributed by atoms with van der Waals surface area (Å²) in [6, 6.07) is 9.28. The monoisotopic (exact) mass is 713 g/mol. The lowest BCUT2D eigenvalue weighted by molar-refractivity contribution is -0.112. The number of benzene rings is 2. The van der Waals surface area contributed by atoms with Gasteiger partial charge in [-0.15, -0.1) is 0 Å². The van der Waals surface area contributed by atoms with E-state index in [1.165, 1.54) is 25.7 Å². The van der Waals surface area contributed by atoms with E-state index in [2.05, 4.69) is 20.4 Å². The van der Waals surface area contributed by atoms with Gasteiger partial charge in [-0.05, 0) is 68.0 Å². The van der Waals surface area contributed by atoms with Gasteiger partial charge >= 0.3 is 5.97 Å². The molecule has 5 heterocycles. The number of nitrogens with zero attached hydrogens (tertiary/aromatic N) is 6. The van der Waals surface area contributed by atoms with Crippen LogP contribution in [-0.2, 0) is 4.79 Å². The fraction of sp³-hybridized carbons (Fsp3) is 0.333. The van der Waals surface area contributed by atoms with Gasteiger partial charge < -0.3 is 19.3 Å². The predicted octanol–water partition coefficient (Wildman–Crippen LogP) is 4.27. The highest BCUT2D eigenvalue weighted by atomic mass is 35.5. The van der Waals surface area contributed by atoms with Gasteiger partial charge in [0.2, 0.25) is 5.43 Å². The number of carbonyl (C=O) groups excluding carboxylic acids is 2. The number of halogens is 2. The van der Waals surface area contributed by atoms with Crippen molar-refractivity contribution >= 4 is 57.4 Å². The first-order valence-corrected chi connectivity index (χ1v) is 17.1. The van der Waals surface area contributed by atoms with Crippen molar-refractivity contribution in [2.75, 3.05) is 43.2 Å². The largest absolute Gasteiger partial charge is 0.492 e. The number of anilines is 2. The van der Waals surface area contributed by atoms with Crippen molar-refractivity contribution in [2.24, 2.45) is 11.0 Å². The van der Waals surface area contributed by atoms with E-state index in [4.69, 9.17) is 16.3 Å². The summed E-state index contributed by atoms with van der Waals surface area (Å²) in [5.74, 6) is -2.56. The molecule has 2 amide bonds. The fourth-order valence-corrected chi connectivity index (χ4v) is 7.92. The molecule has 2 N–H and O–H groups in total. The van der Waals surface area contributed by atoms with Gasteiger partial charge in [-0.1, -0.05) is 11.6 Å². The summed E-state index contributed by atoms with van der Waals surface area (Å²) < 4.78 is 23.8. The summed E-state index contributed by atoms with van der Waals surface area (Å²) in [6.07, 6.45) is 7.71. The second-order valence-electron chi connectivity index (χ2n) is 13.3. The molecular formula is C36H33ClFN7O6. The average Bonchev–Trinajstić information content (AvgIpc) is 3.82. The minimum Gasteiger partial charge on any atom is -0.492 e. The molecule has 1 aliphatic carbocycles. The van der Waals surface area contributed by atoms with E-state index in [0.717, 1.165) is 31.7 Å². The molecule has 0 spiro atoms. The maximum absolute atomic E-state index is 16.2. The highest BCUT2D eigenvalue weighted by molar-refractivity contribution is 6.54. The molecule has 1 saturated carbocycles. The summed E-state index contributed by atoms with van der Waals surface area (Å²) >= 11 is 6.34. The molecule has 4 aliphatic rings. The topological polar surface area (TPSA) is 150 Å². The number of hydrogen-bond acceptors (Lipinski definition) is 9. The molecule has 51 heavy (non-hydrogen) atoms. The molecule has 2 atom stereocenters. The zero-order valence-electron chi connectivity index (χ0n) is 27.5. The van der Waals surface area contributed by atoms with Crippen LogP contribution in [0.5, 0.6) is 5.75 Å². The third-order valence-electron chi connectivity index (χ3n) is 10.3. The Morgan fingerprint density at radius 2 is 1.90 bits per heavy atom. The molecule has 262 valence electrons. The number of hydrazone groups is 1. The van der Waals surface area contributed by atoms with Crippen molar-refractivity contribution in [3.8, 4) is 5.75 Å². The van der Waals surface area contributed by atoms with Crippen molar-refractivity contribution in [3.05, 3.63) is 92.7 Å². The Morgan fingerprint density at radius 1 is 1.12 bits per heavy atom. The third kappa shape index (κ3) is 5.68. The second kappa shape index (κ2) is 12.8. The molecule has 2 aromatic carbocycles. The number of ether oxygens (including phenoxy) is 1. The number of methoxy groups -OCH3 is 1. The molecule has 8 rings (SSSR count). The molecule has 2 saturated heterocycles. The van der Waals surface area contributed by atoms with Crippen molar-refractivity contribution in [1.29, 1.82) is 0 Å². The lowest BCUT2D eigenvalue weighted by Gasteiger charge is -2.38. The van der Waals surface area contributed by atoms with Gasteiger partial charge in [0.1, 0.15) is 11.3 Å². The molecule has 3 fully saturated rings. The van der Waals surface area contributed by atoms with E-state index in [-0.39, 0.29) is 53.1 Å². The zero-order chi connectivity index (χ0) is 35.6. The van der Waals surface area contributed by atoms with Crippen LogP contribution in [0.3, 0.4) is 0 Å². The van der Waals surface area contributed by atoms with E-state index < -0.39 is 28.7 Å². The Balaban J connectivity index is 1.09. The number of nitrogens with one attached hydrogen (secondary N) is 1. The van der Waals surface area contributed by atoms with Crippen molar-refractivity contribution in [3.63, 3.8) is 0 Å². The number of piperidine rings is 1. The minimum atomic E-state index is -1.36. The summed E-state index contributed by atoms with van der Waals surface area (Å²) in [6.45, 7) is 1.89. The van der Waals surface area contributed by atoms with E-state index >= 15 is 4.39 Å². The molecule has 4 aromatic rings. The van der Waals surface area contributed by atoms with Crippen LogP contribution in [0.2, 0.25) is 5.02 Å². The first-order chi connectivity index (χ1) is 24.6. The van der Waals surface area contributed by atoms with Crippen LogP contribution in [0, 0.1) is 11.7 Å². The van der Waals surface area contributed by atoms with Crippen LogP contribution in [0.1, 0.15) is 58.0 Å². The van der Waals surface area contributed by atoms with E-state index in [9.17, 15) is 24.3 Å². The third-order valence-corrected chi connectivity index (χ3v) is 10.5. The Hall–Kier alpha value is -5.34. The smallest absolute Gasteiger partial charge is 0.341 e. The van der Waals surface area contributed by atoms with Gasteiger partial charge in [0.05, 0.1) is 30.4 Å². The first kappa shape index (κ1) is 32.8. The quantitative estimate of drug-likeness (QED) is 0.255. The Bertz CT molecular complexity index is 2210. The van der Waals surface area contributed by atoms with Gasteiger partial charge in [-0.3, -0.25) is 29.2 Å². The van der Waals surface area contributed by atoms with Crippen LogP contribution >= 0.6 is 11.6 Å². The summed E-state index contributed by atoms with van der Waals surface area (Å²) in [4.78, 5) is 61.5. The van der Waals surface area contributed by atoms with E-state index in [1.807, 2.05) is 4.90 Å². The number of aromatic nitrogens is 2. The van der Waals surface area contributed by atoms with Crippen LogP contribution in [0.15, 0.2) is 64.9 Å². The van der Waals surface area contributed by atoms with Crippen molar-refractivity contribution in [2.45, 2.75) is 37.8 Å². The Kier molecular flexibility index (Phi) is 8.22. The number of pyridine rings is 2. The standard InChI is InChI=1S/C36H33ClFN7O6/c1-51-33-30-24(32(46)25(36(49)50)16-44(30)22-5-6-22)14-26(38)31(33)43-15-20-3-2-12-42(28(20)17-43)18-45-27-7-4-21(37)13-23(27)29(35(45)48)40-41-34(47)19-8-10-39-11-9-19/h4,7-11,13-14,16,20,22,28H,2-3,5-6,12,15,17-18H2,1H3,(H,41,47)(H,49,50)/b40-29-/t20-,28+/m0/s1. The van der Waals surface area contributed by atoms with Gasteiger partial charge in [-0.25, -0.2) is 14.6 Å². The van der Waals surface area contributed by atoms with Gasteiger partial charge in [0, 0.05) is 66.5 Å². The zero-order valence-corrected chi connectivity index (χ0v) is 28.3. The number of carboxylic acid groups (broad SMARTS) is 1. The SMILES string of the molecule is COc1c(N2C[C@@H]3CCCN(CN4C(=O)/C(=N\NC(=O)c5ccncc5)c5cc(Cl)ccc54)[C@@H]3C2)c(F)cc2c(=O)c(C(=O)O)cn(C3CC3)c12. The molecule has 15 heteroatoms.